The van der Waals surface area contributed by atoms with E-state index in [0.717, 1.165) is 193 Å². The molecule has 16 nitrogen and oxygen atoms in total. The van der Waals surface area contributed by atoms with E-state index in [4.69, 9.17) is 32.3 Å². The molecule has 4 N–H and O–H groups in total. The van der Waals surface area contributed by atoms with Gasteiger partial charge in [0.1, 0.15) is 25.4 Å². The van der Waals surface area contributed by atoms with Gasteiger partial charge >= 0.3 is 33.6 Å². The highest BCUT2D eigenvalue weighted by atomic mass is 31.2. The number of rotatable bonds is 78. The molecule has 0 aliphatic rings. The molecular weight excluding hydrogens is 1410 g/mol. The molecule has 620 valence electrons. The first kappa shape index (κ1) is 104. The van der Waals surface area contributed by atoms with Crippen LogP contribution in [-0.4, -0.2) is 95.9 Å². The lowest BCUT2D eigenvalue weighted by molar-refractivity contribution is -0.161. The van der Waals surface area contributed by atoms with Crippen molar-refractivity contribution in [3.63, 3.8) is 0 Å². The Kier molecular flexibility index (Phi) is 78.1. The highest BCUT2D eigenvalue weighted by molar-refractivity contribution is 7.47. The van der Waals surface area contributed by atoms with Crippen LogP contribution < -0.4 is 0 Å². The topological polar surface area (TPSA) is 231 Å². The third-order valence-corrected chi connectivity index (χ3v) is 19.0. The minimum atomic E-state index is -4.95. The molecule has 0 aromatic carbocycles. The van der Waals surface area contributed by atoms with Crippen molar-refractivity contribution in [3.8, 4) is 0 Å². The SMILES string of the molecule is CC/C=C\C/C=C\C/C=C\C/C=C\C/C=C\C/C=C\CCCCCCC(=O)OCC(COP(=O)(O)OCC(O)COP(=O)(O)OCC(O)COC(=O)CCCCCCCCCCCCC/C=C\C/C=C\C/C=C\C/C=C\C/C=C\CC)OC(=O)CCCCCCCCC/C=C\C/C=C\C/C=C\C/C=C\CCCCC. The molecule has 0 amide bonds. The van der Waals surface area contributed by atoms with Crippen LogP contribution in [0.5, 0.6) is 0 Å². The minimum Gasteiger partial charge on any atom is -0.463 e. The number of phosphoric ester groups is 2. The van der Waals surface area contributed by atoms with E-state index in [0.29, 0.717) is 19.3 Å². The molecule has 0 aliphatic carbocycles. The number of esters is 3. The van der Waals surface area contributed by atoms with E-state index in [1.165, 1.54) is 64.2 Å². The zero-order chi connectivity index (χ0) is 79.4. The maximum Gasteiger partial charge on any atom is 0.472 e. The van der Waals surface area contributed by atoms with Crippen molar-refractivity contribution in [1.29, 1.82) is 0 Å². The Hall–Kier alpha value is -5.35. The smallest absolute Gasteiger partial charge is 0.463 e. The predicted octanol–water partition coefficient (Wildman–Crippen LogP) is 25.3. The Morgan fingerprint density at radius 3 is 0.771 bits per heavy atom. The normalized spacial score (nSPS) is 14.8. The van der Waals surface area contributed by atoms with Crippen molar-refractivity contribution in [1.82, 2.24) is 0 Å². The van der Waals surface area contributed by atoms with Crippen LogP contribution in [0, 0.1) is 0 Å². The largest absolute Gasteiger partial charge is 0.472 e. The van der Waals surface area contributed by atoms with E-state index in [2.05, 4.69) is 203 Å². The Morgan fingerprint density at radius 1 is 0.266 bits per heavy atom. The zero-order valence-electron chi connectivity index (χ0n) is 67.9. The quantitative estimate of drug-likeness (QED) is 0.0146. The van der Waals surface area contributed by atoms with Crippen LogP contribution in [0.2, 0.25) is 0 Å². The monoisotopic (exact) mass is 1560 g/mol. The van der Waals surface area contributed by atoms with Crippen LogP contribution in [-0.2, 0) is 55.8 Å². The lowest BCUT2D eigenvalue weighted by Gasteiger charge is -2.21. The van der Waals surface area contributed by atoms with E-state index in [1.54, 1.807) is 0 Å². The van der Waals surface area contributed by atoms with Crippen molar-refractivity contribution >= 4 is 33.6 Å². The molecule has 109 heavy (non-hydrogen) atoms. The molecule has 0 radical (unpaired) electrons. The lowest BCUT2D eigenvalue weighted by Crippen LogP contribution is -2.30. The molecule has 0 fully saturated rings. The summed E-state index contributed by atoms with van der Waals surface area (Å²) in [6.45, 7) is 2.38. The Bertz CT molecular complexity index is 2710. The number of ether oxygens (including phenoxy) is 3. The summed E-state index contributed by atoms with van der Waals surface area (Å²) in [5.41, 5.74) is 0. The predicted molar refractivity (Wildman–Crippen MR) is 454 cm³/mol. The summed E-state index contributed by atoms with van der Waals surface area (Å²) in [4.78, 5) is 58.9. The maximum atomic E-state index is 13.0. The summed E-state index contributed by atoms with van der Waals surface area (Å²) >= 11 is 0. The number of aliphatic hydroxyl groups is 2. The second-order valence-electron chi connectivity index (χ2n) is 27.5. The fraction of sp³-hybridized carbons (Fsp3) is 0.637. The molecule has 0 spiro atoms. The fourth-order valence-electron chi connectivity index (χ4n) is 10.8. The van der Waals surface area contributed by atoms with Crippen LogP contribution in [0.15, 0.2) is 182 Å². The van der Waals surface area contributed by atoms with Gasteiger partial charge in [-0.25, -0.2) is 9.13 Å². The Labute approximate surface area is 662 Å². The van der Waals surface area contributed by atoms with Gasteiger partial charge in [0.15, 0.2) is 6.10 Å². The number of allylic oxidation sites excluding steroid dienone is 30. The Morgan fingerprint density at radius 2 is 0.486 bits per heavy atom. The summed E-state index contributed by atoms with van der Waals surface area (Å²) in [7, 11) is -9.82. The molecule has 0 saturated heterocycles. The third-order valence-electron chi connectivity index (χ3n) is 17.1. The van der Waals surface area contributed by atoms with Gasteiger partial charge in [0.25, 0.3) is 0 Å². The molecule has 0 bridgehead atoms. The first-order valence-electron chi connectivity index (χ1n) is 42.1. The van der Waals surface area contributed by atoms with Gasteiger partial charge in [-0.1, -0.05) is 319 Å². The molecule has 0 aromatic rings. The van der Waals surface area contributed by atoms with Gasteiger partial charge in [0.05, 0.1) is 26.4 Å². The second-order valence-corrected chi connectivity index (χ2v) is 30.4. The van der Waals surface area contributed by atoms with Gasteiger partial charge in [-0.2, -0.15) is 0 Å². The zero-order valence-corrected chi connectivity index (χ0v) is 69.7. The fourth-order valence-corrected chi connectivity index (χ4v) is 12.3. The van der Waals surface area contributed by atoms with Crippen LogP contribution in [0.3, 0.4) is 0 Å². The van der Waals surface area contributed by atoms with E-state index in [-0.39, 0.29) is 19.3 Å². The van der Waals surface area contributed by atoms with E-state index in [1.807, 2.05) is 0 Å². The first-order valence-corrected chi connectivity index (χ1v) is 45.1. The number of phosphoric acid groups is 2. The summed E-state index contributed by atoms with van der Waals surface area (Å²) in [6, 6.07) is 0. The number of aliphatic hydroxyl groups excluding tert-OH is 2. The maximum absolute atomic E-state index is 13.0. The molecule has 0 aliphatic heterocycles. The number of hydrogen-bond acceptors (Lipinski definition) is 14. The number of carbonyl (C=O) groups excluding carboxylic acids is 3. The number of unbranched alkanes of at least 4 members (excludes halogenated alkanes) is 25. The lowest BCUT2D eigenvalue weighted by atomic mass is 10.0. The van der Waals surface area contributed by atoms with Crippen molar-refractivity contribution < 1.29 is 75.8 Å². The van der Waals surface area contributed by atoms with E-state index in [9.17, 15) is 43.5 Å². The highest BCUT2D eigenvalue weighted by Crippen LogP contribution is 2.45. The summed E-state index contributed by atoms with van der Waals surface area (Å²) in [5.74, 6) is -1.62. The van der Waals surface area contributed by atoms with Crippen molar-refractivity contribution in [2.75, 3.05) is 39.6 Å². The van der Waals surface area contributed by atoms with Gasteiger partial charge < -0.3 is 34.2 Å². The number of hydrogen-bond donors (Lipinski definition) is 4. The highest BCUT2D eigenvalue weighted by Gasteiger charge is 2.29. The summed E-state index contributed by atoms with van der Waals surface area (Å²) < 4.78 is 61.3. The van der Waals surface area contributed by atoms with E-state index < -0.39 is 91.5 Å². The van der Waals surface area contributed by atoms with Crippen LogP contribution in [0.4, 0.5) is 0 Å². The van der Waals surface area contributed by atoms with Crippen LogP contribution >= 0.6 is 15.6 Å². The molecule has 0 rings (SSSR count). The molecule has 0 saturated carbocycles. The minimum absolute atomic E-state index is 0.0792. The molecule has 0 aromatic heterocycles. The van der Waals surface area contributed by atoms with E-state index >= 15 is 0 Å². The van der Waals surface area contributed by atoms with Gasteiger partial charge in [-0.15, -0.1) is 0 Å². The third kappa shape index (κ3) is 83.4. The van der Waals surface area contributed by atoms with Crippen LogP contribution in [0.1, 0.15) is 316 Å². The molecule has 0 heterocycles. The average Bonchev–Trinajstić information content (AvgIpc) is 0.919. The molecule has 5 unspecified atom stereocenters. The van der Waals surface area contributed by atoms with Crippen molar-refractivity contribution in [2.24, 2.45) is 0 Å². The van der Waals surface area contributed by atoms with Gasteiger partial charge in [0, 0.05) is 19.3 Å². The molecular formula is C91H150O16P2. The van der Waals surface area contributed by atoms with Gasteiger partial charge in [-0.05, 0) is 161 Å². The standard InChI is InChI=1S/C91H150O16P2/c1-4-7-10-13-16-19-22-25-28-31-34-37-40-41-42-43-46-48-50-53-56-59-62-65-68-71-74-77-89(94)101-80-86(92)81-103-108(97,98)104-82-87(93)83-105-109(99,100)106-85-88(107-91(96)79-76-73-70-67-64-61-58-55-52-49-45-39-36-33-30-27-24-21-18-15-12-9-6-3)84-102-90(95)78-75-72-69-66-63-60-57-54-51-47-44-38-35-32-29-26-23-20-17-14-11-8-5-2/h7-8,10-11,16-21,25-30,34-39,41-42,47,49,51-52,57,60,86-88,92-93H,4-6,9,12-15,22-24,31-33,40,43-46,48,50,53-56,58-59,61-85H2,1-3H3,(H,97,98)(H,99,100)/b10-7-,11-8-,19-16-,20-17-,21-18-,28-25-,29-26-,30-27-,37-34-,38-35-,39-36-,42-41-,51-47-,52-49-,60-57-. The Balaban J connectivity index is 4.72. The summed E-state index contributed by atoms with van der Waals surface area (Å²) in [6.07, 6.45) is 106. The van der Waals surface area contributed by atoms with Gasteiger partial charge in [0.2, 0.25) is 0 Å². The molecule has 5 atom stereocenters. The van der Waals surface area contributed by atoms with Crippen LogP contribution in [0.25, 0.3) is 0 Å². The second kappa shape index (κ2) is 82.1. The molecule has 18 heteroatoms. The average molecular weight is 1560 g/mol. The van der Waals surface area contributed by atoms with Gasteiger partial charge in [-0.3, -0.25) is 32.5 Å². The van der Waals surface area contributed by atoms with Crippen molar-refractivity contribution in [2.45, 2.75) is 334 Å². The first-order chi connectivity index (χ1) is 53.2. The van der Waals surface area contributed by atoms with Crippen molar-refractivity contribution in [3.05, 3.63) is 182 Å². The number of carbonyl (C=O) groups is 3. The summed E-state index contributed by atoms with van der Waals surface area (Å²) in [5, 5.41) is 20.7.